The summed E-state index contributed by atoms with van der Waals surface area (Å²) in [5, 5.41) is 12.2. The lowest BCUT2D eigenvalue weighted by atomic mass is 10.2. The zero-order valence-electron chi connectivity index (χ0n) is 12.3. The van der Waals surface area contributed by atoms with Crippen LogP contribution in [0.4, 0.5) is 0 Å². The molecule has 1 aliphatic carbocycles. The van der Waals surface area contributed by atoms with E-state index < -0.39 is 0 Å². The van der Waals surface area contributed by atoms with Crippen molar-refractivity contribution in [3.05, 3.63) is 11.8 Å². The van der Waals surface area contributed by atoms with Crippen molar-refractivity contribution >= 4 is 5.91 Å². The molecular formula is C15H24N4O. The van der Waals surface area contributed by atoms with Gasteiger partial charge in [0.05, 0.1) is 0 Å². The van der Waals surface area contributed by atoms with Gasteiger partial charge in [0.2, 0.25) is 0 Å². The molecule has 2 fully saturated rings. The van der Waals surface area contributed by atoms with E-state index in [0.29, 0.717) is 0 Å². The molecule has 110 valence electrons. The van der Waals surface area contributed by atoms with Crippen LogP contribution in [0, 0.1) is 11.3 Å². The van der Waals surface area contributed by atoms with Gasteiger partial charge in [0, 0.05) is 38.4 Å². The van der Waals surface area contributed by atoms with E-state index in [1.165, 1.54) is 12.8 Å². The maximum atomic E-state index is 12.1. The predicted molar refractivity (Wildman–Crippen MR) is 77.8 cm³/mol. The van der Waals surface area contributed by atoms with Crippen LogP contribution in [0.2, 0.25) is 0 Å². The molecule has 2 aliphatic rings. The number of amides is 1. The van der Waals surface area contributed by atoms with Gasteiger partial charge < -0.3 is 15.1 Å². The smallest absolute Gasteiger partial charge is 0.263 e. The molecule has 0 unspecified atom stereocenters. The molecule has 0 aromatic rings. The Morgan fingerprint density at radius 2 is 1.95 bits per heavy atom. The largest absolute Gasteiger partial charge is 0.374 e. The first-order valence-corrected chi connectivity index (χ1v) is 7.62. The summed E-state index contributed by atoms with van der Waals surface area (Å²) in [6.45, 7) is 6.98. The van der Waals surface area contributed by atoms with Crippen LogP contribution in [0.15, 0.2) is 11.8 Å². The fourth-order valence-corrected chi connectivity index (χ4v) is 2.86. The molecule has 1 saturated carbocycles. The van der Waals surface area contributed by atoms with Gasteiger partial charge in [-0.25, -0.2) is 0 Å². The van der Waals surface area contributed by atoms with Crippen molar-refractivity contribution in [2.24, 2.45) is 0 Å². The van der Waals surface area contributed by atoms with Crippen molar-refractivity contribution < 1.29 is 4.79 Å². The van der Waals surface area contributed by atoms with E-state index in [4.69, 9.17) is 0 Å². The summed E-state index contributed by atoms with van der Waals surface area (Å²) in [5.41, 5.74) is 0.238. The van der Waals surface area contributed by atoms with E-state index in [0.717, 1.165) is 45.6 Å². The molecule has 0 radical (unpaired) electrons. The zero-order chi connectivity index (χ0) is 14.4. The third-order valence-electron chi connectivity index (χ3n) is 4.22. The molecule has 0 aromatic carbocycles. The van der Waals surface area contributed by atoms with Crippen LogP contribution in [0.5, 0.6) is 0 Å². The molecule has 2 rings (SSSR count). The Morgan fingerprint density at radius 3 is 2.50 bits per heavy atom. The number of nitrogens with zero attached hydrogens (tertiary/aromatic N) is 3. The highest BCUT2D eigenvalue weighted by molar-refractivity contribution is 5.97. The molecule has 1 amide bonds. The van der Waals surface area contributed by atoms with E-state index in [-0.39, 0.29) is 17.5 Å². The summed E-state index contributed by atoms with van der Waals surface area (Å²) >= 11 is 0. The van der Waals surface area contributed by atoms with Crippen LogP contribution in [-0.2, 0) is 4.79 Å². The summed E-state index contributed by atoms with van der Waals surface area (Å²) < 4.78 is 0. The summed E-state index contributed by atoms with van der Waals surface area (Å²) in [7, 11) is 0. The molecule has 1 aliphatic heterocycles. The molecule has 1 heterocycles. The highest BCUT2D eigenvalue weighted by Gasteiger charge is 2.20. The Morgan fingerprint density at radius 1 is 1.30 bits per heavy atom. The molecule has 1 saturated heterocycles. The van der Waals surface area contributed by atoms with E-state index in [9.17, 15) is 10.1 Å². The number of hydrogen-bond acceptors (Lipinski definition) is 4. The minimum absolute atomic E-state index is 0.211. The van der Waals surface area contributed by atoms with Gasteiger partial charge in [-0.1, -0.05) is 19.8 Å². The van der Waals surface area contributed by atoms with E-state index in [1.807, 2.05) is 6.07 Å². The summed E-state index contributed by atoms with van der Waals surface area (Å²) in [6, 6.07) is 2.30. The van der Waals surface area contributed by atoms with Gasteiger partial charge in [0.15, 0.2) is 0 Å². The molecule has 0 atom stereocenters. The lowest BCUT2D eigenvalue weighted by Crippen LogP contribution is -2.44. The lowest BCUT2D eigenvalue weighted by Gasteiger charge is -2.33. The Kier molecular flexibility index (Phi) is 5.42. The second-order valence-corrected chi connectivity index (χ2v) is 5.58. The Bertz CT molecular complexity index is 399. The number of hydrogen-bond donors (Lipinski definition) is 1. The molecular weight excluding hydrogens is 252 g/mol. The lowest BCUT2D eigenvalue weighted by molar-refractivity contribution is -0.117. The molecule has 0 bridgehead atoms. The SMILES string of the molecule is CCN1CCN(/C=C(/C#N)C(=O)NC2CCCC2)CC1. The van der Waals surface area contributed by atoms with Gasteiger partial charge in [0.1, 0.15) is 11.6 Å². The van der Waals surface area contributed by atoms with E-state index >= 15 is 0 Å². The van der Waals surface area contributed by atoms with Gasteiger partial charge in [-0.2, -0.15) is 5.26 Å². The van der Waals surface area contributed by atoms with Crippen LogP contribution in [0.25, 0.3) is 0 Å². The van der Waals surface area contributed by atoms with Crippen LogP contribution >= 0.6 is 0 Å². The number of likely N-dealkylation sites (N-methyl/N-ethyl adjacent to an activating group) is 1. The first-order valence-electron chi connectivity index (χ1n) is 7.62. The average molecular weight is 276 g/mol. The van der Waals surface area contributed by atoms with Crippen molar-refractivity contribution in [2.45, 2.75) is 38.6 Å². The fraction of sp³-hybridized carbons (Fsp3) is 0.733. The Labute approximate surface area is 121 Å². The van der Waals surface area contributed by atoms with Crippen molar-refractivity contribution in [3.8, 4) is 6.07 Å². The summed E-state index contributed by atoms with van der Waals surface area (Å²) in [4.78, 5) is 16.5. The fourth-order valence-electron chi connectivity index (χ4n) is 2.86. The first-order chi connectivity index (χ1) is 9.72. The van der Waals surface area contributed by atoms with Crippen molar-refractivity contribution in [1.82, 2.24) is 15.1 Å². The number of nitriles is 1. The van der Waals surface area contributed by atoms with Gasteiger partial charge >= 0.3 is 0 Å². The normalized spacial score (nSPS) is 21.8. The molecule has 1 N–H and O–H groups in total. The van der Waals surface area contributed by atoms with Gasteiger partial charge in [-0.05, 0) is 19.4 Å². The second kappa shape index (κ2) is 7.30. The number of rotatable bonds is 4. The quantitative estimate of drug-likeness (QED) is 0.617. The average Bonchev–Trinajstić information content (AvgIpc) is 2.98. The summed E-state index contributed by atoms with van der Waals surface area (Å²) in [5.74, 6) is -0.211. The minimum atomic E-state index is -0.211. The van der Waals surface area contributed by atoms with Gasteiger partial charge in [-0.15, -0.1) is 0 Å². The molecule has 5 heteroatoms. The molecule has 0 aromatic heterocycles. The third-order valence-corrected chi connectivity index (χ3v) is 4.22. The Hall–Kier alpha value is -1.54. The highest BCUT2D eigenvalue weighted by Crippen LogP contribution is 2.18. The zero-order valence-corrected chi connectivity index (χ0v) is 12.3. The van der Waals surface area contributed by atoms with Crippen LogP contribution in [0.3, 0.4) is 0 Å². The van der Waals surface area contributed by atoms with Crippen LogP contribution in [0.1, 0.15) is 32.6 Å². The Balaban J connectivity index is 1.88. The number of piperazine rings is 1. The number of carbonyl (C=O) groups is 1. The summed E-state index contributed by atoms with van der Waals surface area (Å²) in [6.07, 6.45) is 6.17. The van der Waals surface area contributed by atoms with Gasteiger partial charge in [-0.3, -0.25) is 4.79 Å². The number of nitrogens with one attached hydrogen (secondary N) is 1. The van der Waals surface area contributed by atoms with Crippen molar-refractivity contribution in [3.63, 3.8) is 0 Å². The van der Waals surface area contributed by atoms with Crippen LogP contribution in [-0.4, -0.2) is 54.5 Å². The molecule has 20 heavy (non-hydrogen) atoms. The van der Waals surface area contributed by atoms with Gasteiger partial charge in [0.25, 0.3) is 5.91 Å². The maximum Gasteiger partial charge on any atom is 0.263 e. The van der Waals surface area contributed by atoms with E-state index in [2.05, 4.69) is 22.0 Å². The third kappa shape index (κ3) is 3.97. The molecule has 0 spiro atoms. The van der Waals surface area contributed by atoms with E-state index in [1.54, 1.807) is 6.20 Å². The maximum absolute atomic E-state index is 12.1. The first kappa shape index (κ1) is 14.9. The minimum Gasteiger partial charge on any atom is -0.374 e. The van der Waals surface area contributed by atoms with Crippen molar-refractivity contribution in [1.29, 1.82) is 5.26 Å². The monoisotopic (exact) mass is 276 g/mol. The van der Waals surface area contributed by atoms with Crippen molar-refractivity contribution in [2.75, 3.05) is 32.7 Å². The topological polar surface area (TPSA) is 59.4 Å². The standard InChI is InChI=1S/C15H24N4O/c1-2-18-7-9-19(10-8-18)12-13(11-16)15(20)17-14-5-3-4-6-14/h12,14H,2-10H2,1H3,(H,17,20)/b13-12-. The highest BCUT2D eigenvalue weighted by atomic mass is 16.1. The molecule has 5 nitrogen and oxygen atoms in total. The predicted octanol–water partition coefficient (Wildman–Crippen LogP) is 1.09. The second-order valence-electron chi connectivity index (χ2n) is 5.58. The number of carbonyl (C=O) groups excluding carboxylic acids is 1. The van der Waals surface area contributed by atoms with Crippen LogP contribution < -0.4 is 5.32 Å².